The summed E-state index contributed by atoms with van der Waals surface area (Å²) in [4.78, 5) is 0. The molecule has 1 aliphatic rings. The maximum absolute atomic E-state index is 5.43. The number of hydrogen-bond acceptors (Lipinski definition) is 3. The van der Waals surface area contributed by atoms with E-state index in [2.05, 4.69) is 75.2 Å². The monoisotopic (exact) mass is 375 g/mol. The fourth-order valence-electron chi connectivity index (χ4n) is 3.03. The first-order valence-corrected chi connectivity index (χ1v) is 9.70. The molecule has 0 amide bonds. The van der Waals surface area contributed by atoms with E-state index in [1.54, 1.807) is 0 Å². The van der Waals surface area contributed by atoms with E-state index in [9.17, 15) is 0 Å². The second kappa shape index (κ2) is 8.83. The van der Waals surface area contributed by atoms with Crippen LogP contribution in [-0.4, -0.2) is 6.79 Å². The van der Waals surface area contributed by atoms with Crippen molar-refractivity contribution in [3.8, 4) is 11.5 Å². The number of hydrogen-bond donors (Lipinski definition) is 1. The Morgan fingerprint density at radius 1 is 1.07 bits per heavy atom. The van der Waals surface area contributed by atoms with Gasteiger partial charge < -0.3 is 14.8 Å². The molecule has 3 heteroatoms. The molecule has 28 heavy (non-hydrogen) atoms. The van der Waals surface area contributed by atoms with E-state index >= 15 is 0 Å². The lowest BCUT2D eigenvalue weighted by Gasteiger charge is -2.20. The summed E-state index contributed by atoms with van der Waals surface area (Å²) in [6.07, 6.45) is 10.9. The van der Waals surface area contributed by atoms with Gasteiger partial charge in [-0.15, -0.1) is 6.58 Å². The topological polar surface area (TPSA) is 30.5 Å². The van der Waals surface area contributed by atoms with Gasteiger partial charge in [0.25, 0.3) is 0 Å². The molecule has 0 saturated carbocycles. The van der Waals surface area contributed by atoms with Crippen molar-refractivity contribution in [3.63, 3.8) is 0 Å². The molecule has 1 N–H and O–H groups in total. The molecule has 146 valence electrons. The average Bonchev–Trinajstić information content (AvgIpc) is 3.15. The van der Waals surface area contributed by atoms with Crippen molar-refractivity contribution in [2.24, 2.45) is 5.41 Å². The summed E-state index contributed by atoms with van der Waals surface area (Å²) >= 11 is 0. The number of benzene rings is 2. The van der Waals surface area contributed by atoms with Gasteiger partial charge in [0, 0.05) is 22.9 Å². The highest BCUT2D eigenvalue weighted by molar-refractivity contribution is 5.65. The second-order valence-electron chi connectivity index (χ2n) is 7.68. The summed E-state index contributed by atoms with van der Waals surface area (Å²) in [7, 11) is 0. The number of anilines is 2. The highest BCUT2D eigenvalue weighted by Gasteiger charge is 2.15. The first-order chi connectivity index (χ1) is 13.5. The molecule has 0 aliphatic carbocycles. The zero-order chi connectivity index (χ0) is 20.0. The molecule has 3 nitrogen and oxygen atoms in total. The number of fused-ring (bicyclic) bond motifs is 1. The van der Waals surface area contributed by atoms with Gasteiger partial charge in [-0.1, -0.05) is 48.9 Å². The summed E-state index contributed by atoms with van der Waals surface area (Å²) in [6.45, 7) is 10.8. The Balaban J connectivity index is 1.62. The quantitative estimate of drug-likeness (QED) is 0.499. The van der Waals surface area contributed by atoms with Crippen LogP contribution in [0.1, 0.15) is 39.2 Å². The minimum atomic E-state index is -0.00460. The zero-order valence-electron chi connectivity index (χ0n) is 17.0. The van der Waals surface area contributed by atoms with Crippen molar-refractivity contribution < 1.29 is 9.47 Å². The number of ether oxygens (including phenoxy) is 2. The Morgan fingerprint density at radius 3 is 2.50 bits per heavy atom. The van der Waals surface area contributed by atoms with Gasteiger partial charge in [0.05, 0.1) is 0 Å². The molecule has 0 fully saturated rings. The largest absolute Gasteiger partial charge is 0.454 e. The fourth-order valence-corrected chi connectivity index (χ4v) is 3.03. The van der Waals surface area contributed by atoms with E-state index in [4.69, 9.17) is 9.47 Å². The van der Waals surface area contributed by atoms with Gasteiger partial charge in [-0.2, -0.15) is 0 Å². The van der Waals surface area contributed by atoms with Gasteiger partial charge in [0.2, 0.25) is 6.79 Å². The van der Waals surface area contributed by atoms with Crippen molar-refractivity contribution in [2.75, 3.05) is 12.1 Å². The second-order valence-corrected chi connectivity index (χ2v) is 7.68. The molecule has 0 spiro atoms. The van der Waals surface area contributed by atoms with E-state index < -0.39 is 0 Å². The van der Waals surface area contributed by atoms with E-state index in [0.717, 1.165) is 35.7 Å². The summed E-state index contributed by atoms with van der Waals surface area (Å²) < 4.78 is 10.8. The van der Waals surface area contributed by atoms with E-state index in [1.807, 2.05) is 24.3 Å². The van der Waals surface area contributed by atoms with E-state index in [1.165, 1.54) is 11.1 Å². The van der Waals surface area contributed by atoms with Crippen LogP contribution in [0.15, 0.2) is 72.8 Å². The predicted octanol–water partition coefficient (Wildman–Crippen LogP) is 7.11. The Morgan fingerprint density at radius 2 is 1.79 bits per heavy atom. The van der Waals surface area contributed by atoms with Gasteiger partial charge in [-0.05, 0) is 56.5 Å². The summed E-state index contributed by atoms with van der Waals surface area (Å²) in [5.41, 5.74) is 4.54. The van der Waals surface area contributed by atoms with Crippen LogP contribution in [0.3, 0.4) is 0 Å². The third-order valence-electron chi connectivity index (χ3n) is 4.93. The Kier molecular flexibility index (Phi) is 6.25. The third kappa shape index (κ3) is 5.29. The maximum Gasteiger partial charge on any atom is 0.231 e. The molecule has 0 radical (unpaired) electrons. The van der Waals surface area contributed by atoms with Gasteiger partial charge >= 0.3 is 0 Å². The Bertz CT molecular complexity index is 876. The van der Waals surface area contributed by atoms with Crippen molar-refractivity contribution in [3.05, 3.63) is 78.4 Å². The molecule has 2 aromatic carbocycles. The molecule has 1 atom stereocenters. The molecule has 1 heterocycles. The van der Waals surface area contributed by atoms with Crippen LogP contribution >= 0.6 is 0 Å². The first-order valence-electron chi connectivity index (χ1n) is 9.70. The van der Waals surface area contributed by atoms with Gasteiger partial charge in [-0.25, -0.2) is 0 Å². The van der Waals surface area contributed by atoms with Crippen molar-refractivity contribution in [2.45, 2.75) is 33.6 Å². The Hall–Kier alpha value is -2.94. The van der Waals surface area contributed by atoms with Crippen LogP contribution in [0.4, 0.5) is 11.4 Å². The predicted molar refractivity (Wildman–Crippen MR) is 118 cm³/mol. The molecule has 0 saturated heterocycles. The number of allylic oxidation sites excluding steroid dienone is 4. The molecule has 0 unspecified atom stereocenters. The molecular weight excluding hydrogens is 346 g/mol. The minimum absolute atomic E-state index is 0.00460. The van der Waals surface area contributed by atoms with Crippen molar-refractivity contribution in [1.29, 1.82) is 0 Å². The first kappa shape index (κ1) is 19.8. The van der Waals surface area contributed by atoms with Crippen molar-refractivity contribution >= 4 is 17.5 Å². The van der Waals surface area contributed by atoms with Crippen LogP contribution in [0.2, 0.25) is 0 Å². The normalized spacial score (nSPS) is 14.5. The van der Waals surface area contributed by atoms with Crippen LogP contribution < -0.4 is 14.8 Å². The average molecular weight is 376 g/mol. The highest BCUT2D eigenvalue weighted by atomic mass is 16.7. The van der Waals surface area contributed by atoms with Crippen LogP contribution in [0, 0.1) is 5.41 Å². The number of rotatable bonds is 8. The van der Waals surface area contributed by atoms with E-state index in [-0.39, 0.29) is 12.2 Å². The molecule has 1 aliphatic heterocycles. The lowest BCUT2D eigenvalue weighted by molar-refractivity contribution is 0.174. The van der Waals surface area contributed by atoms with Crippen LogP contribution in [0.5, 0.6) is 11.5 Å². The molecule has 3 rings (SSSR count). The van der Waals surface area contributed by atoms with Gasteiger partial charge in [0.15, 0.2) is 11.5 Å². The smallest absolute Gasteiger partial charge is 0.231 e. The van der Waals surface area contributed by atoms with Gasteiger partial charge in [-0.3, -0.25) is 0 Å². The Labute approximate surface area is 168 Å². The number of nitrogens with one attached hydrogen (secondary N) is 1. The maximum atomic E-state index is 5.43. The van der Waals surface area contributed by atoms with Gasteiger partial charge in [0.1, 0.15) is 0 Å². The molecular formula is C25H29NO2. The van der Waals surface area contributed by atoms with Crippen LogP contribution in [-0.2, 0) is 0 Å². The fraction of sp³-hybridized carbons (Fsp3) is 0.280. The van der Waals surface area contributed by atoms with E-state index in [0.29, 0.717) is 0 Å². The summed E-state index contributed by atoms with van der Waals surface area (Å²) in [6, 6.07) is 14.3. The highest BCUT2D eigenvalue weighted by Crippen LogP contribution is 2.35. The zero-order valence-corrected chi connectivity index (χ0v) is 17.0. The lowest BCUT2D eigenvalue weighted by atomic mass is 9.84. The van der Waals surface area contributed by atoms with Crippen molar-refractivity contribution in [1.82, 2.24) is 0 Å². The minimum Gasteiger partial charge on any atom is -0.454 e. The molecule has 2 aromatic rings. The molecule has 0 bridgehead atoms. The lowest BCUT2D eigenvalue weighted by Crippen LogP contribution is -2.08. The van der Waals surface area contributed by atoms with Crippen LogP contribution in [0.25, 0.3) is 6.08 Å². The third-order valence-corrected chi connectivity index (χ3v) is 4.93. The standard InChI is InChI=1S/C25H29NO2/c1-5-25(4,15-6-7-19(2)3)16-14-20-8-10-21(11-9-20)26-22-12-13-23-24(17-22)28-18-27-23/h5,7-14,16-17,26H,1,6,15,18H2,2-4H3/b16-14+/t25-/m1/s1. The molecule has 0 aromatic heterocycles. The SMILES string of the molecule is C=C[C@@](C)(/C=C/c1ccc(Nc2ccc3c(c2)OCO3)cc1)CCC=C(C)C. The summed E-state index contributed by atoms with van der Waals surface area (Å²) in [5.74, 6) is 1.57. The summed E-state index contributed by atoms with van der Waals surface area (Å²) in [5, 5.41) is 3.40.